The minimum atomic E-state index is -1.46. The number of hydrogen-bond acceptors (Lipinski definition) is 0. The van der Waals surface area contributed by atoms with Crippen molar-refractivity contribution in [1.29, 1.82) is 0 Å². The van der Waals surface area contributed by atoms with E-state index in [1.54, 1.807) is 10.8 Å². The second-order valence-corrected chi connectivity index (χ2v) is 13.9. The molecule has 0 radical (unpaired) electrons. The third kappa shape index (κ3) is 3.34. The fourth-order valence-electron chi connectivity index (χ4n) is 3.15. The highest BCUT2D eigenvalue weighted by molar-refractivity contribution is 6.87. The second kappa shape index (κ2) is 5.12. The van der Waals surface area contributed by atoms with Crippen LogP contribution in [0.5, 0.6) is 0 Å². The van der Waals surface area contributed by atoms with Crippen LogP contribution in [0.15, 0.2) is 46.7 Å². The third-order valence-electron chi connectivity index (χ3n) is 5.12. The average molecular weight is 301 g/mol. The van der Waals surface area contributed by atoms with Crippen molar-refractivity contribution in [2.75, 3.05) is 0 Å². The molecule has 0 nitrogen and oxygen atoms in total. The normalized spacial score (nSPS) is 23.2. The summed E-state index contributed by atoms with van der Waals surface area (Å²) in [7, 11) is -1.46. The van der Waals surface area contributed by atoms with Crippen LogP contribution in [0.4, 0.5) is 0 Å². The molecule has 2 rings (SSSR count). The molecular formula is C20H32Si. The fourth-order valence-corrected chi connectivity index (χ4v) is 5.88. The summed E-state index contributed by atoms with van der Waals surface area (Å²) < 4.78 is 0. The standard InChI is InChI=1S/C20H32Si/c1-19(2,3)15-9-11-17(13-15)21(7,8)18-12-10-16(14-18)20(4,5)6/h9,11-14,17H,10H2,1-8H3. The molecule has 1 unspecified atom stereocenters. The average Bonchev–Trinajstić information content (AvgIpc) is 2.97. The first-order valence-corrected chi connectivity index (χ1v) is 11.3. The van der Waals surface area contributed by atoms with Gasteiger partial charge in [-0.25, -0.2) is 0 Å². The Morgan fingerprint density at radius 1 is 1.00 bits per heavy atom. The highest BCUT2D eigenvalue weighted by Crippen LogP contribution is 2.44. The smallest absolute Gasteiger partial charge is 0.0811 e. The number of allylic oxidation sites excluding steroid dienone is 8. The molecule has 0 N–H and O–H groups in total. The Bertz CT molecular complexity index is 539. The molecule has 0 amide bonds. The van der Waals surface area contributed by atoms with Crippen LogP contribution in [-0.2, 0) is 0 Å². The van der Waals surface area contributed by atoms with Gasteiger partial charge in [0.2, 0.25) is 0 Å². The Morgan fingerprint density at radius 3 is 2.05 bits per heavy atom. The lowest BCUT2D eigenvalue weighted by atomic mass is 9.86. The minimum absolute atomic E-state index is 0.270. The molecule has 0 aromatic rings. The quantitative estimate of drug-likeness (QED) is 0.514. The van der Waals surface area contributed by atoms with Crippen molar-refractivity contribution < 1.29 is 0 Å². The van der Waals surface area contributed by atoms with Crippen molar-refractivity contribution in [2.45, 2.75) is 66.6 Å². The Kier molecular flexibility index (Phi) is 4.03. The summed E-state index contributed by atoms with van der Waals surface area (Å²) >= 11 is 0. The molecular weight excluding hydrogens is 268 g/mol. The van der Waals surface area contributed by atoms with Crippen molar-refractivity contribution in [3.63, 3.8) is 0 Å². The molecule has 2 aliphatic carbocycles. The fraction of sp³-hybridized carbons (Fsp3) is 0.600. The molecule has 1 heteroatoms. The Morgan fingerprint density at radius 2 is 1.62 bits per heavy atom. The van der Waals surface area contributed by atoms with Crippen LogP contribution in [0.1, 0.15) is 48.0 Å². The van der Waals surface area contributed by atoms with E-state index in [4.69, 9.17) is 0 Å². The zero-order valence-corrected chi connectivity index (χ0v) is 16.2. The van der Waals surface area contributed by atoms with Gasteiger partial charge in [-0.3, -0.25) is 0 Å². The lowest BCUT2D eigenvalue weighted by Gasteiger charge is -2.29. The molecule has 21 heavy (non-hydrogen) atoms. The van der Waals surface area contributed by atoms with Gasteiger partial charge in [0.25, 0.3) is 0 Å². The van der Waals surface area contributed by atoms with Crippen molar-refractivity contribution >= 4 is 8.07 Å². The van der Waals surface area contributed by atoms with E-state index in [-0.39, 0.29) is 5.41 Å². The van der Waals surface area contributed by atoms with Gasteiger partial charge < -0.3 is 0 Å². The zero-order chi connectivity index (χ0) is 16.1. The van der Waals surface area contributed by atoms with Gasteiger partial charge in [-0.05, 0) is 28.4 Å². The summed E-state index contributed by atoms with van der Waals surface area (Å²) in [4.78, 5) is 0. The Balaban J connectivity index is 2.24. The van der Waals surface area contributed by atoms with E-state index in [1.807, 2.05) is 0 Å². The monoisotopic (exact) mass is 300 g/mol. The van der Waals surface area contributed by atoms with E-state index in [9.17, 15) is 0 Å². The van der Waals surface area contributed by atoms with E-state index in [0.717, 1.165) is 6.42 Å². The van der Waals surface area contributed by atoms with Gasteiger partial charge in [-0.2, -0.15) is 0 Å². The summed E-state index contributed by atoms with van der Waals surface area (Å²) in [6, 6.07) is 0. The predicted molar refractivity (Wildman–Crippen MR) is 98.1 cm³/mol. The summed E-state index contributed by atoms with van der Waals surface area (Å²) in [6.45, 7) is 19.0. The van der Waals surface area contributed by atoms with Crippen LogP contribution >= 0.6 is 0 Å². The van der Waals surface area contributed by atoms with Crippen LogP contribution in [0.3, 0.4) is 0 Å². The van der Waals surface area contributed by atoms with E-state index in [2.05, 4.69) is 85.0 Å². The maximum absolute atomic E-state index is 2.54. The Labute approximate surface area is 132 Å². The number of rotatable bonds is 2. The molecule has 2 aliphatic rings. The molecule has 0 bridgehead atoms. The molecule has 0 heterocycles. The van der Waals surface area contributed by atoms with Crippen molar-refractivity contribution in [3.05, 3.63) is 46.7 Å². The molecule has 0 saturated heterocycles. The molecule has 0 aromatic carbocycles. The SMILES string of the molecule is CC(C)(C)C1=CC([Si](C)(C)C2=CCC(C(C)(C)C)=C2)C=C1. The van der Waals surface area contributed by atoms with E-state index in [0.29, 0.717) is 11.0 Å². The second-order valence-electron chi connectivity index (χ2n) is 9.26. The van der Waals surface area contributed by atoms with Crippen LogP contribution < -0.4 is 0 Å². The summed E-state index contributed by atoms with van der Waals surface area (Å²) in [5, 5.41) is 1.65. The summed E-state index contributed by atoms with van der Waals surface area (Å²) in [6.07, 6.45) is 13.5. The molecule has 116 valence electrons. The molecule has 1 atom stereocenters. The highest BCUT2D eigenvalue weighted by Gasteiger charge is 2.37. The zero-order valence-electron chi connectivity index (χ0n) is 15.2. The maximum atomic E-state index is 2.54. The van der Waals surface area contributed by atoms with E-state index < -0.39 is 8.07 Å². The van der Waals surface area contributed by atoms with Gasteiger partial charge in [0.05, 0.1) is 8.07 Å². The maximum Gasteiger partial charge on any atom is 0.0907 e. The van der Waals surface area contributed by atoms with Crippen molar-refractivity contribution in [2.24, 2.45) is 10.8 Å². The molecule has 0 fully saturated rings. The first-order chi connectivity index (χ1) is 9.42. The molecule has 0 aliphatic heterocycles. The lowest BCUT2D eigenvalue weighted by Crippen LogP contribution is -2.32. The van der Waals surface area contributed by atoms with Gasteiger partial charge in [-0.1, -0.05) is 95.8 Å². The lowest BCUT2D eigenvalue weighted by molar-refractivity contribution is 0.496. The summed E-state index contributed by atoms with van der Waals surface area (Å²) in [5.41, 5.74) is 4.33. The van der Waals surface area contributed by atoms with Gasteiger partial charge >= 0.3 is 0 Å². The van der Waals surface area contributed by atoms with Gasteiger partial charge in [0.15, 0.2) is 0 Å². The van der Waals surface area contributed by atoms with Crippen LogP contribution in [-0.4, -0.2) is 8.07 Å². The number of hydrogen-bond donors (Lipinski definition) is 0. The van der Waals surface area contributed by atoms with E-state index >= 15 is 0 Å². The van der Waals surface area contributed by atoms with Gasteiger partial charge in [-0.15, -0.1) is 0 Å². The van der Waals surface area contributed by atoms with Crippen molar-refractivity contribution in [3.8, 4) is 0 Å². The molecule has 0 saturated carbocycles. The van der Waals surface area contributed by atoms with E-state index in [1.165, 1.54) is 5.57 Å². The first-order valence-electron chi connectivity index (χ1n) is 8.24. The van der Waals surface area contributed by atoms with Crippen molar-refractivity contribution in [1.82, 2.24) is 0 Å². The molecule has 0 spiro atoms. The van der Waals surface area contributed by atoms with Gasteiger partial charge in [0.1, 0.15) is 0 Å². The Hall–Kier alpha value is -0.823. The largest absolute Gasteiger partial charge is 0.0907 e. The topological polar surface area (TPSA) is 0 Å². The first kappa shape index (κ1) is 16.5. The highest BCUT2D eigenvalue weighted by atomic mass is 28.3. The third-order valence-corrected chi connectivity index (χ3v) is 8.98. The predicted octanol–water partition coefficient (Wildman–Crippen LogP) is 6.45. The minimum Gasteiger partial charge on any atom is -0.0811 e. The van der Waals surface area contributed by atoms with Crippen LogP contribution in [0, 0.1) is 10.8 Å². The van der Waals surface area contributed by atoms with Crippen LogP contribution in [0.25, 0.3) is 0 Å². The summed E-state index contributed by atoms with van der Waals surface area (Å²) in [5.74, 6) is 0. The van der Waals surface area contributed by atoms with Gasteiger partial charge in [0, 0.05) is 0 Å². The molecule has 0 aromatic heterocycles. The van der Waals surface area contributed by atoms with Crippen LogP contribution in [0.2, 0.25) is 18.6 Å².